The fraction of sp³-hybridized carbons (Fsp3) is 0.0667. The third kappa shape index (κ3) is 2.05. The molecule has 0 aliphatic carbocycles. The Hall–Kier alpha value is -2.36. The largest absolute Gasteiger partial charge is 0.454 e. The van der Waals surface area contributed by atoms with Crippen LogP contribution < -0.4 is 9.47 Å². The summed E-state index contributed by atoms with van der Waals surface area (Å²) in [6.45, 7) is 3.85. The Morgan fingerprint density at radius 3 is 2.21 bits per heavy atom. The van der Waals surface area contributed by atoms with Gasteiger partial charge in [0.15, 0.2) is 11.5 Å². The number of hydrogen-bond acceptors (Lipinski definition) is 2. The highest BCUT2D eigenvalue weighted by molar-refractivity contribution is 5.78. The van der Waals surface area contributed by atoms with Gasteiger partial charge in [0, 0.05) is 6.07 Å². The van der Waals surface area contributed by atoms with Gasteiger partial charge >= 0.3 is 0 Å². The fourth-order valence-electron chi connectivity index (χ4n) is 2.09. The molecule has 2 aromatic rings. The first-order valence-corrected chi connectivity index (χ1v) is 5.70. The van der Waals surface area contributed by atoms with Crippen molar-refractivity contribution < 1.29 is 18.3 Å². The van der Waals surface area contributed by atoms with Crippen molar-refractivity contribution in [3.05, 3.63) is 54.1 Å². The van der Waals surface area contributed by atoms with E-state index in [4.69, 9.17) is 9.47 Å². The molecule has 0 fully saturated rings. The molecule has 1 heterocycles. The molecule has 96 valence electrons. The van der Waals surface area contributed by atoms with Gasteiger partial charge in [0.25, 0.3) is 0 Å². The van der Waals surface area contributed by atoms with Crippen molar-refractivity contribution in [1.29, 1.82) is 0 Å². The Bertz CT molecular complexity index is 645. The van der Waals surface area contributed by atoms with Crippen LogP contribution >= 0.6 is 0 Å². The molecule has 4 heteroatoms. The van der Waals surface area contributed by atoms with Crippen LogP contribution in [0.3, 0.4) is 0 Å². The number of rotatable bonds is 2. The maximum atomic E-state index is 13.3. The minimum absolute atomic E-state index is 0.146. The second kappa shape index (κ2) is 4.39. The normalized spacial score (nSPS) is 12.5. The van der Waals surface area contributed by atoms with Gasteiger partial charge in [0.2, 0.25) is 6.79 Å². The Morgan fingerprint density at radius 2 is 1.58 bits per heavy atom. The van der Waals surface area contributed by atoms with Crippen LogP contribution in [0.1, 0.15) is 5.56 Å². The van der Waals surface area contributed by atoms with Gasteiger partial charge in [-0.15, -0.1) is 0 Å². The summed E-state index contributed by atoms with van der Waals surface area (Å²) in [5, 5.41) is 0. The molecule has 0 N–H and O–H groups in total. The van der Waals surface area contributed by atoms with E-state index in [-0.39, 0.29) is 6.79 Å². The van der Waals surface area contributed by atoms with Crippen molar-refractivity contribution in [2.24, 2.45) is 0 Å². The van der Waals surface area contributed by atoms with Crippen LogP contribution in [0.25, 0.3) is 17.2 Å². The molecular formula is C15H10F2O2. The Balaban J connectivity index is 2.21. The maximum absolute atomic E-state index is 13.3. The number of halogens is 2. The first kappa shape index (κ1) is 11.7. The average Bonchev–Trinajstić information content (AvgIpc) is 2.83. The Morgan fingerprint density at radius 1 is 0.947 bits per heavy atom. The lowest BCUT2D eigenvalue weighted by atomic mass is 9.98. The molecule has 19 heavy (non-hydrogen) atoms. The van der Waals surface area contributed by atoms with Crippen molar-refractivity contribution in [2.45, 2.75) is 0 Å². The topological polar surface area (TPSA) is 18.5 Å². The molecule has 0 unspecified atom stereocenters. The third-order valence-corrected chi connectivity index (χ3v) is 2.94. The number of hydrogen-bond donors (Lipinski definition) is 0. The van der Waals surface area contributed by atoms with Crippen molar-refractivity contribution in [3.63, 3.8) is 0 Å². The second-order valence-electron chi connectivity index (χ2n) is 4.15. The molecule has 1 aliphatic rings. The Kier molecular flexibility index (Phi) is 2.71. The van der Waals surface area contributed by atoms with Gasteiger partial charge in [-0.1, -0.05) is 12.7 Å². The summed E-state index contributed by atoms with van der Waals surface area (Å²) < 4.78 is 37.1. The van der Waals surface area contributed by atoms with Gasteiger partial charge in [-0.3, -0.25) is 0 Å². The lowest BCUT2D eigenvalue weighted by Crippen LogP contribution is -1.92. The summed E-state index contributed by atoms with van der Waals surface area (Å²) in [5.41, 5.74) is 1.82. The van der Waals surface area contributed by atoms with E-state index in [2.05, 4.69) is 6.58 Å². The molecule has 0 saturated heterocycles. The van der Waals surface area contributed by atoms with E-state index in [1.807, 2.05) is 0 Å². The molecule has 1 aliphatic heterocycles. The summed E-state index contributed by atoms with van der Waals surface area (Å²) in [4.78, 5) is 0. The lowest BCUT2D eigenvalue weighted by molar-refractivity contribution is 0.174. The number of fused-ring (bicyclic) bond motifs is 1. The van der Waals surface area contributed by atoms with Crippen LogP contribution in [0.5, 0.6) is 11.5 Å². The average molecular weight is 260 g/mol. The highest BCUT2D eigenvalue weighted by Crippen LogP contribution is 2.39. The molecule has 0 amide bonds. The highest BCUT2D eigenvalue weighted by Gasteiger charge is 2.17. The quantitative estimate of drug-likeness (QED) is 0.812. The summed E-state index contributed by atoms with van der Waals surface area (Å²) in [7, 11) is 0. The van der Waals surface area contributed by atoms with E-state index in [0.29, 0.717) is 22.6 Å². The third-order valence-electron chi connectivity index (χ3n) is 2.94. The molecule has 0 aromatic heterocycles. The predicted octanol–water partition coefficient (Wildman–Crippen LogP) is 4.00. The van der Waals surface area contributed by atoms with E-state index < -0.39 is 11.6 Å². The fourth-order valence-corrected chi connectivity index (χ4v) is 2.09. The van der Waals surface area contributed by atoms with E-state index in [1.165, 1.54) is 12.1 Å². The standard InChI is InChI=1S/C15H10F2O2/c1-2-9-5-14-15(19-8-18-14)7-13(9)10-3-11(16)6-12(17)4-10/h2-7H,1,8H2. The van der Waals surface area contributed by atoms with Crippen LogP contribution in [-0.2, 0) is 0 Å². The van der Waals surface area contributed by atoms with Gasteiger partial charge < -0.3 is 9.47 Å². The molecule has 0 bridgehead atoms. The first-order valence-electron chi connectivity index (χ1n) is 5.70. The monoisotopic (exact) mass is 260 g/mol. The number of benzene rings is 2. The van der Waals surface area contributed by atoms with Crippen LogP contribution in [0.4, 0.5) is 8.78 Å². The molecule has 2 aromatic carbocycles. The summed E-state index contributed by atoms with van der Waals surface area (Å²) in [6.07, 6.45) is 1.61. The van der Waals surface area contributed by atoms with E-state index >= 15 is 0 Å². The maximum Gasteiger partial charge on any atom is 0.231 e. The van der Waals surface area contributed by atoms with Crippen molar-refractivity contribution in [2.75, 3.05) is 6.79 Å². The first-order chi connectivity index (χ1) is 9.17. The molecule has 0 spiro atoms. The van der Waals surface area contributed by atoms with Crippen molar-refractivity contribution in [3.8, 4) is 22.6 Å². The zero-order valence-electron chi connectivity index (χ0n) is 9.95. The summed E-state index contributed by atoms with van der Waals surface area (Å²) in [6, 6.07) is 6.83. The highest BCUT2D eigenvalue weighted by atomic mass is 19.1. The molecule has 2 nitrogen and oxygen atoms in total. The molecule has 3 rings (SSSR count). The molecule has 0 saturated carbocycles. The summed E-state index contributed by atoms with van der Waals surface area (Å²) >= 11 is 0. The SMILES string of the molecule is C=Cc1cc2c(cc1-c1cc(F)cc(F)c1)OCO2. The minimum Gasteiger partial charge on any atom is -0.454 e. The minimum atomic E-state index is -0.623. The zero-order valence-corrected chi connectivity index (χ0v) is 9.95. The second-order valence-corrected chi connectivity index (χ2v) is 4.15. The molecular weight excluding hydrogens is 250 g/mol. The van der Waals surface area contributed by atoms with Crippen LogP contribution in [0.15, 0.2) is 36.9 Å². The smallest absolute Gasteiger partial charge is 0.231 e. The van der Waals surface area contributed by atoms with Gasteiger partial charge in [0.1, 0.15) is 11.6 Å². The van der Waals surface area contributed by atoms with Crippen LogP contribution in [-0.4, -0.2) is 6.79 Å². The van der Waals surface area contributed by atoms with Gasteiger partial charge in [-0.2, -0.15) is 0 Å². The number of ether oxygens (including phenoxy) is 2. The summed E-state index contributed by atoms with van der Waals surface area (Å²) in [5.74, 6) is -0.0776. The van der Waals surface area contributed by atoms with Crippen LogP contribution in [0.2, 0.25) is 0 Å². The molecule has 0 radical (unpaired) electrons. The molecule has 0 atom stereocenters. The van der Waals surface area contributed by atoms with Crippen molar-refractivity contribution in [1.82, 2.24) is 0 Å². The van der Waals surface area contributed by atoms with Gasteiger partial charge in [-0.05, 0) is 41.0 Å². The van der Waals surface area contributed by atoms with Crippen molar-refractivity contribution >= 4 is 6.08 Å². The zero-order chi connectivity index (χ0) is 13.4. The van der Waals surface area contributed by atoms with Crippen LogP contribution in [0, 0.1) is 11.6 Å². The predicted molar refractivity (Wildman–Crippen MR) is 68.0 cm³/mol. The lowest BCUT2D eigenvalue weighted by Gasteiger charge is -2.08. The van der Waals surface area contributed by atoms with Gasteiger partial charge in [-0.25, -0.2) is 8.78 Å². The van der Waals surface area contributed by atoms with Gasteiger partial charge in [0.05, 0.1) is 0 Å². The van der Waals surface area contributed by atoms with E-state index in [1.54, 1.807) is 18.2 Å². The van der Waals surface area contributed by atoms with E-state index in [0.717, 1.165) is 11.6 Å². The van der Waals surface area contributed by atoms with E-state index in [9.17, 15) is 8.78 Å². The Labute approximate surface area is 108 Å².